The van der Waals surface area contributed by atoms with Gasteiger partial charge in [0.2, 0.25) is 0 Å². The van der Waals surface area contributed by atoms with Crippen LogP contribution >= 0.6 is 0 Å². The predicted molar refractivity (Wildman–Crippen MR) is 141 cm³/mol. The molecule has 2 fully saturated rings. The fraction of sp³-hybridized carbons (Fsp3) is 0.552. The van der Waals surface area contributed by atoms with E-state index in [1.54, 1.807) is 5.56 Å². The molecule has 2 aliphatic heterocycles. The molecule has 5 rings (SSSR count). The van der Waals surface area contributed by atoms with Crippen LogP contribution in [0.25, 0.3) is 5.65 Å². The number of hydrogen-bond donors (Lipinski definition) is 0. The number of nitrogens with zero attached hydrogens (tertiary/aromatic N) is 4. The highest BCUT2D eigenvalue weighted by molar-refractivity contribution is 5.58. The van der Waals surface area contributed by atoms with Gasteiger partial charge in [0.15, 0.2) is 0 Å². The van der Waals surface area contributed by atoms with Gasteiger partial charge in [-0.1, -0.05) is 32.0 Å². The van der Waals surface area contributed by atoms with Crippen molar-refractivity contribution in [2.75, 3.05) is 37.6 Å². The summed E-state index contributed by atoms with van der Waals surface area (Å²) in [7, 11) is 0. The second-order valence-corrected chi connectivity index (χ2v) is 9.83. The first-order chi connectivity index (χ1) is 16.1. The van der Waals surface area contributed by atoms with E-state index in [1.165, 1.54) is 80.8 Å². The second-order valence-electron chi connectivity index (χ2n) is 9.83. The van der Waals surface area contributed by atoms with E-state index >= 15 is 0 Å². The van der Waals surface area contributed by atoms with Gasteiger partial charge in [-0.2, -0.15) is 0 Å². The lowest BCUT2D eigenvalue weighted by Gasteiger charge is -2.39. The zero-order valence-electron chi connectivity index (χ0n) is 21.3. The summed E-state index contributed by atoms with van der Waals surface area (Å²) in [6.07, 6.45) is 11.4. The maximum absolute atomic E-state index is 4.42. The monoisotopic (exact) mass is 446 g/mol. The summed E-state index contributed by atoms with van der Waals surface area (Å²) in [5.74, 6) is 1.59. The Morgan fingerprint density at radius 2 is 1.64 bits per heavy atom. The fourth-order valence-electron chi connectivity index (χ4n) is 5.74. The van der Waals surface area contributed by atoms with E-state index in [1.807, 2.05) is 26.2 Å². The van der Waals surface area contributed by atoms with Crippen LogP contribution < -0.4 is 4.90 Å². The van der Waals surface area contributed by atoms with Crippen LogP contribution in [0.15, 0.2) is 42.9 Å². The Morgan fingerprint density at radius 3 is 2.36 bits per heavy atom. The lowest BCUT2D eigenvalue weighted by atomic mass is 9.85. The van der Waals surface area contributed by atoms with Crippen LogP contribution in [0, 0.1) is 26.7 Å². The molecule has 0 radical (unpaired) electrons. The summed E-state index contributed by atoms with van der Waals surface area (Å²) in [5, 5.41) is 0. The van der Waals surface area contributed by atoms with Gasteiger partial charge in [-0.05, 0) is 99.7 Å². The Labute approximate surface area is 200 Å². The Balaban J connectivity index is 0.00000126. The van der Waals surface area contributed by atoms with Crippen LogP contribution in [0.5, 0.6) is 0 Å². The number of anilines is 1. The first-order valence-electron chi connectivity index (χ1n) is 13.0. The van der Waals surface area contributed by atoms with Crippen molar-refractivity contribution in [3.8, 4) is 0 Å². The number of aryl methyl sites for hydroxylation is 2. The van der Waals surface area contributed by atoms with Gasteiger partial charge >= 0.3 is 0 Å². The normalized spacial score (nSPS) is 18.4. The number of rotatable bonds is 4. The maximum Gasteiger partial charge on any atom is 0.137 e. The van der Waals surface area contributed by atoms with Gasteiger partial charge in [-0.3, -0.25) is 0 Å². The van der Waals surface area contributed by atoms with Crippen LogP contribution in [0.3, 0.4) is 0 Å². The molecule has 3 aromatic rings. The lowest BCUT2D eigenvalue weighted by molar-refractivity contribution is 0.170. The summed E-state index contributed by atoms with van der Waals surface area (Å²) in [4.78, 5) is 9.74. The minimum atomic E-state index is 0.749. The molecule has 0 saturated carbocycles. The van der Waals surface area contributed by atoms with Gasteiger partial charge in [0.25, 0.3) is 0 Å². The Morgan fingerprint density at radius 1 is 0.909 bits per heavy atom. The number of likely N-dealkylation sites (tertiary alicyclic amines) is 1. The van der Waals surface area contributed by atoms with Crippen molar-refractivity contribution in [1.82, 2.24) is 14.3 Å². The fourth-order valence-corrected chi connectivity index (χ4v) is 5.74. The van der Waals surface area contributed by atoms with Crippen molar-refractivity contribution < 1.29 is 0 Å². The summed E-state index contributed by atoms with van der Waals surface area (Å²) >= 11 is 0. The van der Waals surface area contributed by atoms with Crippen molar-refractivity contribution in [2.24, 2.45) is 5.92 Å². The second kappa shape index (κ2) is 10.7. The number of aromatic nitrogens is 2. The lowest BCUT2D eigenvalue weighted by Crippen LogP contribution is -2.41. The van der Waals surface area contributed by atoms with Crippen molar-refractivity contribution in [3.63, 3.8) is 0 Å². The summed E-state index contributed by atoms with van der Waals surface area (Å²) in [5.41, 5.74) is 8.30. The van der Waals surface area contributed by atoms with Gasteiger partial charge in [-0.25, -0.2) is 4.98 Å². The van der Waals surface area contributed by atoms with Crippen LogP contribution in [0.1, 0.15) is 67.7 Å². The molecule has 4 nitrogen and oxygen atoms in total. The molecule has 4 heteroatoms. The third kappa shape index (κ3) is 5.27. The average Bonchev–Trinajstić information content (AvgIpc) is 3.30. The molecular weight excluding hydrogens is 404 g/mol. The van der Waals surface area contributed by atoms with E-state index in [9.17, 15) is 0 Å². The molecule has 0 bridgehead atoms. The van der Waals surface area contributed by atoms with E-state index in [0.29, 0.717) is 0 Å². The highest BCUT2D eigenvalue weighted by atomic mass is 15.2. The molecular formula is C29H42N4. The van der Waals surface area contributed by atoms with Crippen LogP contribution in [-0.4, -0.2) is 47.0 Å². The van der Waals surface area contributed by atoms with Gasteiger partial charge in [0.1, 0.15) is 5.65 Å². The van der Waals surface area contributed by atoms with Crippen molar-refractivity contribution in [3.05, 3.63) is 65.1 Å². The SMILES string of the molecule is CC.Cc1cc2nccn2cc1N1CCC(CN2CCC(c3cccc(C)c3C)CC2)CC1. The average molecular weight is 447 g/mol. The number of imidazole rings is 1. The van der Waals surface area contributed by atoms with E-state index < -0.39 is 0 Å². The molecule has 0 unspecified atom stereocenters. The molecule has 178 valence electrons. The quantitative estimate of drug-likeness (QED) is 0.464. The topological polar surface area (TPSA) is 23.8 Å². The molecule has 0 atom stereocenters. The molecule has 1 aromatic carbocycles. The van der Waals surface area contributed by atoms with Crippen LogP contribution in [0.4, 0.5) is 5.69 Å². The number of hydrogen-bond acceptors (Lipinski definition) is 3. The van der Waals surface area contributed by atoms with Crippen molar-refractivity contribution >= 4 is 11.3 Å². The smallest absolute Gasteiger partial charge is 0.137 e. The maximum atomic E-state index is 4.42. The van der Waals surface area contributed by atoms with Gasteiger partial charge in [-0.15, -0.1) is 0 Å². The Bertz CT molecular complexity index is 1040. The van der Waals surface area contributed by atoms with Gasteiger partial charge in [0.05, 0.1) is 5.69 Å². The Kier molecular flexibility index (Phi) is 7.75. The van der Waals surface area contributed by atoms with E-state index in [0.717, 1.165) is 17.5 Å². The molecule has 2 saturated heterocycles. The zero-order chi connectivity index (χ0) is 23.4. The molecule has 33 heavy (non-hydrogen) atoms. The highest BCUT2D eigenvalue weighted by Crippen LogP contribution is 2.33. The van der Waals surface area contributed by atoms with Crippen LogP contribution in [-0.2, 0) is 0 Å². The summed E-state index contributed by atoms with van der Waals surface area (Å²) < 4.78 is 2.15. The van der Waals surface area contributed by atoms with Gasteiger partial charge in [0, 0.05) is 38.2 Å². The number of pyridine rings is 1. The molecule has 0 amide bonds. The predicted octanol–water partition coefficient (Wildman–Crippen LogP) is 6.38. The van der Waals surface area contributed by atoms with Gasteiger partial charge < -0.3 is 14.2 Å². The molecule has 2 aliphatic rings. The number of benzene rings is 1. The number of fused-ring (bicyclic) bond motifs is 1. The summed E-state index contributed by atoms with van der Waals surface area (Å²) in [6.45, 7) is 16.9. The third-order valence-electron chi connectivity index (χ3n) is 7.86. The molecule has 0 N–H and O–H groups in total. The first-order valence-corrected chi connectivity index (χ1v) is 13.0. The molecule has 0 spiro atoms. The standard InChI is InChI=1S/C27H36N4.C2H6/c1-20-5-4-6-25(22(20)3)24-9-12-29(13-10-24)18-23-7-14-30(15-8-23)26-19-31-16-11-28-27(31)17-21(26)2;1-2/h4-6,11,16-17,19,23-24H,7-10,12-15,18H2,1-3H3;1-2H3. The third-order valence-corrected chi connectivity index (χ3v) is 7.86. The zero-order valence-corrected chi connectivity index (χ0v) is 21.3. The first kappa shape index (κ1) is 23.8. The minimum Gasteiger partial charge on any atom is -0.370 e. The highest BCUT2D eigenvalue weighted by Gasteiger charge is 2.26. The molecule has 2 aromatic heterocycles. The van der Waals surface area contributed by atoms with E-state index in [4.69, 9.17) is 0 Å². The number of piperidine rings is 2. The van der Waals surface area contributed by atoms with E-state index in [2.05, 4.69) is 70.4 Å². The van der Waals surface area contributed by atoms with Crippen molar-refractivity contribution in [1.29, 1.82) is 0 Å². The molecule has 4 heterocycles. The molecule has 0 aliphatic carbocycles. The minimum absolute atomic E-state index is 0.749. The van der Waals surface area contributed by atoms with Crippen LogP contribution in [0.2, 0.25) is 0 Å². The Hall–Kier alpha value is -2.33. The van der Waals surface area contributed by atoms with E-state index in [-0.39, 0.29) is 0 Å². The van der Waals surface area contributed by atoms with Crippen molar-refractivity contribution in [2.45, 2.75) is 66.2 Å². The summed E-state index contributed by atoms with van der Waals surface area (Å²) in [6, 6.07) is 9.06. The largest absolute Gasteiger partial charge is 0.370 e.